The standard InChI is InChI=1S/C18H22N4O3/c1-4-25-17(24)13-5-7-14(8-6-13)21-16(23)15-9-10-19-18(22-15)20-11-12(2)3/h5-10,12H,4,11H2,1-3H3,(H,21,23)(H,19,20,22). The Kier molecular flexibility index (Phi) is 6.45. The zero-order valence-corrected chi connectivity index (χ0v) is 14.6. The van der Waals surface area contributed by atoms with Crippen LogP contribution in [0.5, 0.6) is 0 Å². The summed E-state index contributed by atoms with van der Waals surface area (Å²) in [7, 11) is 0. The van der Waals surface area contributed by atoms with Crippen LogP contribution < -0.4 is 10.6 Å². The van der Waals surface area contributed by atoms with Gasteiger partial charge in [-0.15, -0.1) is 0 Å². The summed E-state index contributed by atoms with van der Waals surface area (Å²) in [6, 6.07) is 8.03. The SMILES string of the molecule is CCOC(=O)c1ccc(NC(=O)c2ccnc(NCC(C)C)n2)cc1. The van der Waals surface area contributed by atoms with Gasteiger partial charge in [0.05, 0.1) is 12.2 Å². The highest BCUT2D eigenvalue weighted by Crippen LogP contribution is 2.12. The second-order valence-corrected chi connectivity index (χ2v) is 5.79. The number of nitrogens with zero attached hydrogens (tertiary/aromatic N) is 2. The van der Waals surface area contributed by atoms with Gasteiger partial charge in [-0.2, -0.15) is 0 Å². The van der Waals surface area contributed by atoms with E-state index < -0.39 is 5.97 Å². The second-order valence-electron chi connectivity index (χ2n) is 5.79. The number of aromatic nitrogens is 2. The van der Waals surface area contributed by atoms with E-state index in [-0.39, 0.29) is 11.6 Å². The number of anilines is 2. The predicted octanol–water partition coefficient (Wildman–Crippen LogP) is 2.97. The molecule has 132 valence electrons. The maximum Gasteiger partial charge on any atom is 0.338 e. The molecule has 1 aromatic heterocycles. The van der Waals surface area contributed by atoms with Crippen LogP contribution in [0.2, 0.25) is 0 Å². The Morgan fingerprint density at radius 3 is 2.52 bits per heavy atom. The summed E-state index contributed by atoms with van der Waals surface area (Å²) in [6.07, 6.45) is 1.54. The van der Waals surface area contributed by atoms with Crippen LogP contribution in [-0.4, -0.2) is 35.0 Å². The number of hydrogen-bond acceptors (Lipinski definition) is 6. The first-order chi connectivity index (χ1) is 12.0. The largest absolute Gasteiger partial charge is 0.462 e. The van der Waals surface area contributed by atoms with Gasteiger partial charge in [0.25, 0.3) is 5.91 Å². The van der Waals surface area contributed by atoms with E-state index in [1.54, 1.807) is 37.3 Å². The Labute approximate surface area is 146 Å². The van der Waals surface area contributed by atoms with Gasteiger partial charge >= 0.3 is 5.97 Å². The fourth-order valence-corrected chi connectivity index (χ4v) is 1.96. The first kappa shape index (κ1) is 18.4. The molecule has 0 radical (unpaired) electrons. The number of ether oxygens (including phenoxy) is 1. The Morgan fingerprint density at radius 1 is 1.16 bits per heavy atom. The molecule has 0 aliphatic rings. The maximum absolute atomic E-state index is 12.3. The van der Waals surface area contributed by atoms with E-state index in [1.807, 2.05) is 0 Å². The Hall–Kier alpha value is -2.96. The molecule has 2 rings (SSSR count). The van der Waals surface area contributed by atoms with E-state index in [1.165, 1.54) is 6.20 Å². The van der Waals surface area contributed by atoms with E-state index in [9.17, 15) is 9.59 Å². The number of amides is 1. The van der Waals surface area contributed by atoms with Gasteiger partial charge in [-0.1, -0.05) is 13.8 Å². The van der Waals surface area contributed by atoms with Crippen molar-refractivity contribution in [2.75, 3.05) is 23.8 Å². The van der Waals surface area contributed by atoms with Crippen LogP contribution in [0.25, 0.3) is 0 Å². The van der Waals surface area contributed by atoms with Crippen molar-refractivity contribution in [3.05, 3.63) is 47.8 Å². The molecule has 7 nitrogen and oxygen atoms in total. The highest BCUT2D eigenvalue weighted by atomic mass is 16.5. The Morgan fingerprint density at radius 2 is 1.88 bits per heavy atom. The van der Waals surface area contributed by atoms with Crippen molar-refractivity contribution in [2.24, 2.45) is 5.92 Å². The number of carbonyl (C=O) groups is 2. The monoisotopic (exact) mass is 342 g/mol. The molecule has 0 bridgehead atoms. The lowest BCUT2D eigenvalue weighted by atomic mass is 10.2. The molecule has 25 heavy (non-hydrogen) atoms. The van der Waals surface area contributed by atoms with Gasteiger partial charge in [-0.05, 0) is 43.2 Å². The van der Waals surface area contributed by atoms with Gasteiger partial charge in [-0.3, -0.25) is 4.79 Å². The van der Waals surface area contributed by atoms with Crippen LogP contribution >= 0.6 is 0 Å². The Balaban J connectivity index is 2.02. The van der Waals surface area contributed by atoms with Crippen molar-refractivity contribution in [1.82, 2.24) is 9.97 Å². The summed E-state index contributed by atoms with van der Waals surface area (Å²) in [5.41, 5.74) is 1.26. The van der Waals surface area contributed by atoms with E-state index in [0.29, 0.717) is 29.7 Å². The lowest BCUT2D eigenvalue weighted by molar-refractivity contribution is 0.0526. The number of carbonyl (C=O) groups excluding carboxylic acids is 2. The predicted molar refractivity (Wildman–Crippen MR) is 95.7 cm³/mol. The third-order valence-electron chi connectivity index (χ3n) is 3.21. The van der Waals surface area contributed by atoms with Crippen molar-refractivity contribution >= 4 is 23.5 Å². The fourth-order valence-electron chi connectivity index (χ4n) is 1.96. The number of hydrogen-bond donors (Lipinski definition) is 2. The van der Waals surface area contributed by atoms with Crippen LogP contribution in [-0.2, 0) is 4.74 Å². The zero-order valence-electron chi connectivity index (χ0n) is 14.6. The summed E-state index contributed by atoms with van der Waals surface area (Å²) in [4.78, 5) is 32.2. The van der Waals surface area contributed by atoms with Crippen molar-refractivity contribution in [3.63, 3.8) is 0 Å². The third kappa shape index (κ3) is 5.56. The quantitative estimate of drug-likeness (QED) is 0.752. The van der Waals surface area contributed by atoms with Gasteiger partial charge in [-0.25, -0.2) is 14.8 Å². The van der Waals surface area contributed by atoms with Crippen molar-refractivity contribution in [2.45, 2.75) is 20.8 Å². The summed E-state index contributed by atoms with van der Waals surface area (Å²) in [5.74, 6) is 0.119. The maximum atomic E-state index is 12.3. The van der Waals surface area contributed by atoms with Gasteiger partial charge < -0.3 is 15.4 Å². The summed E-state index contributed by atoms with van der Waals surface area (Å²) in [6.45, 7) is 6.93. The minimum atomic E-state index is -0.392. The average molecular weight is 342 g/mol. The molecule has 2 N–H and O–H groups in total. The second kappa shape index (κ2) is 8.77. The molecule has 0 aliphatic heterocycles. The van der Waals surface area contributed by atoms with Gasteiger partial charge in [0.2, 0.25) is 5.95 Å². The van der Waals surface area contributed by atoms with E-state index in [2.05, 4.69) is 34.4 Å². The molecule has 1 amide bonds. The average Bonchev–Trinajstić information content (AvgIpc) is 2.61. The molecule has 0 saturated carbocycles. The van der Waals surface area contributed by atoms with Gasteiger partial charge in [0, 0.05) is 18.4 Å². The molecule has 0 aliphatic carbocycles. The minimum Gasteiger partial charge on any atom is -0.462 e. The van der Waals surface area contributed by atoms with Crippen LogP contribution in [0.15, 0.2) is 36.5 Å². The van der Waals surface area contributed by atoms with E-state index >= 15 is 0 Å². The third-order valence-corrected chi connectivity index (χ3v) is 3.21. The summed E-state index contributed by atoms with van der Waals surface area (Å²) in [5, 5.41) is 5.82. The molecule has 1 aromatic carbocycles. The molecule has 0 spiro atoms. The molecule has 7 heteroatoms. The lowest BCUT2D eigenvalue weighted by Gasteiger charge is -2.09. The topological polar surface area (TPSA) is 93.2 Å². The Bertz CT molecular complexity index is 729. The molecule has 1 heterocycles. The van der Waals surface area contributed by atoms with Crippen LogP contribution in [0.1, 0.15) is 41.6 Å². The first-order valence-corrected chi connectivity index (χ1v) is 8.15. The molecule has 0 atom stereocenters. The van der Waals surface area contributed by atoms with Crippen molar-refractivity contribution in [3.8, 4) is 0 Å². The normalized spacial score (nSPS) is 10.4. The molecular formula is C18H22N4O3. The number of esters is 1. The highest BCUT2D eigenvalue weighted by molar-refractivity contribution is 6.03. The van der Waals surface area contributed by atoms with E-state index in [4.69, 9.17) is 4.74 Å². The molecule has 2 aromatic rings. The van der Waals surface area contributed by atoms with Gasteiger partial charge in [0.15, 0.2) is 0 Å². The fraction of sp³-hybridized carbons (Fsp3) is 0.333. The molecule has 0 saturated heterocycles. The highest BCUT2D eigenvalue weighted by Gasteiger charge is 2.11. The van der Waals surface area contributed by atoms with Crippen LogP contribution in [0.3, 0.4) is 0 Å². The first-order valence-electron chi connectivity index (χ1n) is 8.15. The number of rotatable bonds is 7. The summed E-state index contributed by atoms with van der Waals surface area (Å²) >= 11 is 0. The summed E-state index contributed by atoms with van der Waals surface area (Å²) < 4.78 is 4.92. The lowest BCUT2D eigenvalue weighted by Crippen LogP contribution is -2.16. The van der Waals surface area contributed by atoms with E-state index in [0.717, 1.165) is 6.54 Å². The van der Waals surface area contributed by atoms with Gasteiger partial charge in [0.1, 0.15) is 5.69 Å². The van der Waals surface area contributed by atoms with Crippen LogP contribution in [0, 0.1) is 5.92 Å². The molecular weight excluding hydrogens is 320 g/mol. The van der Waals surface area contributed by atoms with Crippen LogP contribution in [0.4, 0.5) is 11.6 Å². The minimum absolute atomic E-state index is 0.260. The van der Waals surface area contributed by atoms with Crippen molar-refractivity contribution in [1.29, 1.82) is 0 Å². The molecule has 0 fully saturated rings. The smallest absolute Gasteiger partial charge is 0.338 e. The number of benzene rings is 1. The number of nitrogens with one attached hydrogen (secondary N) is 2. The molecule has 0 unspecified atom stereocenters. The zero-order chi connectivity index (χ0) is 18.2. The van der Waals surface area contributed by atoms with Crippen molar-refractivity contribution < 1.29 is 14.3 Å².